The third-order valence-corrected chi connectivity index (χ3v) is 5.25. The summed E-state index contributed by atoms with van der Waals surface area (Å²) in [6.07, 6.45) is 0.652. The zero-order chi connectivity index (χ0) is 20.3. The molecule has 0 saturated carbocycles. The Balaban J connectivity index is 1.68. The molecule has 0 saturated heterocycles. The number of nitrogens with two attached hydrogens (primary N) is 1. The summed E-state index contributed by atoms with van der Waals surface area (Å²) in [6.45, 7) is 0.447. The van der Waals surface area contributed by atoms with Gasteiger partial charge in [0.15, 0.2) is 11.5 Å². The molecule has 3 aromatic carbocycles. The number of rotatable bonds is 6. The third-order valence-electron chi connectivity index (χ3n) is 5.25. The van der Waals surface area contributed by atoms with E-state index in [1.54, 1.807) is 12.0 Å². The number of carbonyl (C=O) groups is 1. The fourth-order valence-electron chi connectivity index (χ4n) is 3.77. The maximum Gasteiger partial charge on any atom is 0.266 e. The Kier molecular flexibility index (Phi) is 5.04. The van der Waals surface area contributed by atoms with Crippen LogP contribution in [0.1, 0.15) is 16.7 Å². The highest BCUT2D eigenvalue weighted by Crippen LogP contribution is 2.39. The van der Waals surface area contributed by atoms with Crippen LogP contribution in [-0.2, 0) is 16.8 Å². The van der Waals surface area contributed by atoms with Crippen LogP contribution in [0.3, 0.4) is 0 Å². The van der Waals surface area contributed by atoms with E-state index in [-0.39, 0.29) is 11.9 Å². The zero-order valence-electron chi connectivity index (χ0n) is 16.3. The Morgan fingerprint density at radius 2 is 1.55 bits per heavy atom. The molecular formula is C24H23N3O2. The van der Waals surface area contributed by atoms with Crippen molar-refractivity contribution in [1.29, 1.82) is 0 Å². The second-order valence-electron chi connectivity index (χ2n) is 6.97. The summed E-state index contributed by atoms with van der Waals surface area (Å²) in [6, 6.07) is 27.0. The molecule has 0 fully saturated rings. The van der Waals surface area contributed by atoms with Crippen molar-refractivity contribution in [2.45, 2.75) is 12.0 Å². The first-order valence-corrected chi connectivity index (χ1v) is 9.56. The maximum absolute atomic E-state index is 13.7. The van der Waals surface area contributed by atoms with E-state index in [2.05, 4.69) is 0 Å². The van der Waals surface area contributed by atoms with Crippen LogP contribution in [0.4, 0.5) is 0 Å². The summed E-state index contributed by atoms with van der Waals surface area (Å²) in [5, 5.41) is 0. The fourth-order valence-corrected chi connectivity index (χ4v) is 3.77. The smallest absolute Gasteiger partial charge is 0.266 e. The number of benzene rings is 3. The van der Waals surface area contributed by atoms with E-state index < -0.39 is 5.54 Å². The van der Waals surface area contributed by atoms with Gasteiger partial charge < -0.3 is 10.5 Å². The summed E-state index contributed by atoms with van der Waals surface area (Å²) in [7, 11) is 1.64. The number of nitrogens with zero attached hydrogens (tertiary/aromatic N) is 2. The van der Waals surface area contributed by atoms with Crippen molar-refractivity contribution in [3.8, 4) is 5.75 Å². The van der Waals surface area contributed by atoms with Crippen LogP contribution >= 0.6 is 0 Å². The normalized spacial score (nSPS) is 15.3. The van der Waals surface area contributed by atoms with Gasteiger partial charge in [0.05, 0.1) is 7.11 Å². The molecule has 1 aliphatic heterocycles. The topological polar surface area (TPSA) is 67.9 Å². The van der Waals surface area contributed by atoms with Crippen molar-refractivity contribution in [2.24, 2.45) is 10.7 Å². The molecule has 146 valence electrons. The monoisotopic (exact) mass is 385 g/mol. The van der Waals surface area contributed by atoms with Crippen LogP contribution in [0.15, 0.2) is 89.9 Å². The van der Waals surface area contributed by atoms with E-state index in [1.807, 2.05) is 84.9 Å². The van der Waals surface area contributed by atoms with Crippen LogP contribution < -0.4 is 10.5 Å². The van der Waals surface area contributed by atoms with Crippen molar-refractivity contribution in [2.75, 3.05) is 13.7 Å². The molecule has 0 unspecified atom stereocenters. The molecule has 1 amide bonds. The first-order chi connectivity index (χ1) is 14.1. The molecule has 0 bridgehead atoms. The molecule has 0 radical (unpaired) electrons. The minimum Gasteiger partial charge on any atom is -0.497 e. The Morgan fingerprint density at radius 3 is 2.14 bits per heavy atom. The molecule has 5 nitrogen and oxygen atoms in total. The van der Waals surface area contributed by atoms with E-state index in [0.29, 0.717) is 13.0 Å². The van der Waals surface area contributed by atoms with Crippen LogP contribution in [0.25, 0.3) is 0 Å². The summed E-state index contributed by atoms with van der Waals surface area (Å²) < 4.78 is 5.29. The molecule has 0 spiro atoms. The minimum absolute atomic E-state index is 0.129. The summed E-state index contributed by atoms with van der Waals surface area (Å²) >= 11 is 0. The minimum atomic E-state index is -1.15. The third kappa shape index (κ3) is 3.36. The number of amides is 1. The SMILES string of the molecule is COc1cccc(CCN2C(=O)C(c3ccccc3)(c3ccccc3)N=C2N)c1. The first kappa shape index (κ1) is 18.7. The zero-order valence-corrected chi connectivity index (χ0v) is 16.3. The number of hydrogen-bond acceptors (Lipinski definition) is 4. The standard InChI is InChI=1S/C24H23N3O2/c1-29-21-14-8-9-18(17-21)15-16-27-22(28)24(26-23(27)25,19-10-4-2-5-11-19)20-12-6-3-7-13-20/h2-14,17H,15-16H2,1H3,(H2,25,26). The largest absolute Gasteiger partial charge is 0.497 e. The summed E-state index contributed by atoms with van der Waals surface area (Å²) in [5.41, 5.74) is 7.81. The quantitative estimate of drug-likeness (QED) is 0.708. The lowest BCUT2D eigenvalue weighted by molar-refractivity contribution is -0.130. The van der Waals surface area contributed by atoms with Gasteiger partial charge in [-0.05, 0) is 35.2 Å². The van der Waals surface area contributed by atoms with Crippen molar-refractivity contribution >= 4 is 11.9 Å². The Bertz CT molecular complexity index is 993. The predicted molar refractivity (Wildman–Crippen MR) is 114 cm³/mol. The lowest BCUT2D eigenvalue weighted by Crippen LogP contribution is -2.44. The molecule has 2 N–H and O–H groups in total. The molecular weight excluding hydrogens is 362 g/mol. The number of methoxy groups -OCH3 is 1. The van der Waals surface area contributed by atoms with E-state index in [4.69, 9.17) is 15.5 Å². The van der Waals surface area contributed by atoms with Gasteiger partial charge >= 0.3 is 0 Å². The number of guanidine groups is 1. The fraction of sp³-hybridized carbons (Fsp3) is 0.167. The van der Waals surface area contributed by atoms with Crippen molar-refractivity contribution in [3.05, 3.63) is 102 Å². The van der Waals surface area contributed by atoms with Crippen LogP contribution in [0.5, 0.6) is 5.75 Å². The predicted octanol–water partition coefficient (Wildman–Crippen LogP) is 3.34. The van der Waals surface area contributed by atoms with E-state index in [0.717, 1.165) is 22.4 Å². The van der Waals surface area contributed by atoms with Gasteiger partial charge in [-0.3, -0.25) is 9.69 Å². The van der Waals surface area contributed by atoms with Crippen molar-refractivity contribution < 1.29 is 9.53 Å². The molecule has 5 heteroatoms. The van der Waals surface area contributed by atoms with Gasteiger partial charge in [-0.15, -0.1) is 0 Å². The second kappa shape index (κ2) is 7.80. The van der Waals surface area contributed by atoms with Gasteiger partial charge in [-0.25, -0.2) is 4.99 Å². The Hall–Kier alpha value is -3.60. The van der Waals surface area contributed by atoms with Gasteiger partial charge in [0, 0.05) is 6.54 Å². The summed E-state index contributed by atoms with van der Waals surface area (Å²) in [4.78, 5) is 20.0. The lowest BCUT2D eigenvalue weighted by atomic mass is 9.83. The highest BCUT2D eigenvalue weighted by atomic mass is 16.5. The number of hydrogen-bond donors (Lipinski definition) is 1. The maximum atomic E-state index is 13.7. The van der Waals surface area contributed by atoms with E-state index >= 15 is 0 Å². The van der Waals surface area contributed by atoms with Crippen LogP contribution in [0.2, 0.25) is 0 Å². The average molecular weight is 385 g/mol. The number of aliphatic imine (C=N–C) groups is 1. The van der Waals surface area contributed by atoms with Crippen molar-refractivity contribution in [1.82, 2.24) is 4.90 Å². The highest BCUT2D eigenvalue weighted by molar-refractivity contribution is 6.09. The van der Waals surface area contributed by atoms with Crippen molar-refractivity contribution in [3.63, 3.8) is 0 Å². The van der Waals surface area contributed by atoms with Gasteiger partial charge in [0.1, 0.15) is 5.75 Å². The van der Waals surface area contributed by atoms with Gasteiger partial charge in [-0.1, -0.05) is 72.8 Å². The highest BCUT2D eigenvalue weighted by Gasteiger charge is 2.50. The lowest BCUT2D eigenvalue weighted by Gasteiger charge is -2.27. The second-order valence-corrected chi connectivity index (χ2v) is 6.97. The molecule has 4 rings (SSSR count). The van der Waals surface area contributed by atoms with E-state index in [9.17, 15) is 4.79 Å². The van der Waals surface area contributed by atoms with Gasteiger partial charge in [0.2, 0.25) is 0 Å². The summed E-state index contributed by atoms with van der Waals surface area (Å²) in [5.74, 6) is 0.903. The number of carbonyl (C=O) groups excluding carboxylic acids is 1. The van der Waals surface area contributed by atoms with E-state index in [1.165, 1.54) is 0 Å². The van der Waals surface area contributed by atoms with Crippen LogP contribution in [0, 0.1) is 0 Å². The molecule has 1 aliphatic rings. The van der Waals surface area contributed by atoms with Gasteiger partial charge in [0.25, 0.3) is 5.91 Å². The molecule has 0 aliphatic carbocycles. The van der Waals surface area contributed by atoms with Gasteiger partial charge in [-0.2, -0.15) is 0 Å². The average Bonchev–Trinajstić information content (AvgIpc) is 3.04. The molecule has 0 atom stereocenters. The van der Waals surface area contributed by atoms with Crippen LogP contribution in [-0.4, -0.2) is 30.4 Å². The Morgan fingerprint density at radius 1 is 0.931 bits per heavy atom. The molecule has 3 aromatic rings. The molecule has 0 aromatic heterocycles. The Labute approximate surface area is 170 Å². The molecule has 29 heavy (non-hydrogen) atoms. The molecule has 1 heterocycles. The first-order valence-electron chi connectivity index (χ1n) is 9.56. The number of ether oxygens (including phenoxy) is 1.